The van der Waals surface area contributed by atoms with Crippen molar-refractivity contribution in [2.24, 2.45) is 0 Å². The lowest BCUT2D eigenvalue weighted by Crippen LogP contribution is -2.38. The van der Waals surface area contributed by atoms with E-state index < -0.39 is 0 Å². The summed E-state index contributed by atoms with van der Waals surface area (Å²) in [5.41, 5.74) is 1.85. The van der Waals surface area contributed by atoms with E-state index in [2.05, 4.69) is 15.3 Å². The molecule has 6 heteroatoms. The van der Waals surface area contributed by atoms with Crippen LogP contribution < -0.4 is 5.32 Å². The second-order valence-corrected chi connectivity index (χ2v) is 6.35. The predicted molar refractivity (Wildman–Crippen MR) is 95.4 cm³/mol. The standard InChI is InChI=1S/C19H22N4O2/c1-13-17(19(25)22-16-8-4-3-5-9-16)11-20-18(21-13)15-7-6-10-23(12-15)14(2)24/h3-5,8-9,11,15H,6-7,10,12H2,1-2H3,(H,22,25)/t15-/m0/s1. The topological polar surface area (TPSA) is 75.2 Å². The summed E-state index contributed by atoms with van der Waals surface area (Å²) in [6.07, 6.45) is 3.49. The van der Waals surface area contributed by atoms with Crippen LogP contribution in [0.15, 0.2) is 36.5 Å². The molecule has 2 amide bonds. The van der Waals surface area contributed by atoms with Crippen molar-refractivity contribution in [3.05, 3.63) is 53.6 Å². The summed E-state index contributed by atoms with van der Waals surface area (Å²) in [6, 6.07) is 9.30. The fraction of sp³-hybridized carbons (Fsp3) is 0.368. The maximum atomic E-state index is 12.4. The Kier molecular flexibility index (Phi) is 5.07. The molecule has 1 aromatic carbocycles. The van der Waals surface area contributed by atoms with E-state index in [1.165, 1.54) is 0 Å². The van der Waals surface area contributed by atoms with Gasteiger partial charge in [-0.1, -0.05) is 18.2 Å². The molecule has 0 radical (unpaired) electrons. The van der Waals surface area contributed by atoms with Crippen LogP contribution in [0.2, 0.25) is 0 Å². The third kappa shape index (κ3) is 4.02. The van der Waals surface area contributed by atoms with Crippen molar-refractivity contribution in [1.29, 1.82) is 0 Å². The van der Waals surface area contributed by atoms with Gasteiger partial charge in [0.25, 0.3) is 5.91 Å². The lowest BCUT2D eigenvalue weighted by Gasteiger charge is -2.31. The number of piperidine rings is 1. The van der Waals surface area contributed by atoms with Crippen LogP contribution in [0.3, 0.4) is 0 Å². The monoisotopic (exact) mass is 338 g/mol. The molecule has 1 N–H and O–H groups in total. The Bertz CT molecular complexity index is 776. The third-order valence-electron chi connectivity index (χ3n) is 4.51. The molecule has 0 unspecified atom stereocenters. The number of nitrogens with one attached hydrogen (secondary N) is 1. The highest BCUT2D eigenvalue weighted by Crippen LogP contribution is 2.25. The molecule has 6 nitrogen and oxygen atoms in total. The molecular formula is C19H22N4O2. The van der Waals surface area contributed by atoms with Gasteiger partial charge < -0.3 is 10.2 Å². The zero-order chi connectivity index (χ0) is 17.8. The van der Waals surface area contributed by atoms with Crippen LogP contribution in [0, 0.1) is 6.92 Å². The highest BCUT2D eigenvalue weighted by molar-refractivity contribution is 6.04. The lowest BCUT2D eigenvalue weighted by molar-refractivity contribution is -0.130. The fourth-order valence-corrected chi connectivity index (χ4v) is 3.10. The number of carbonyl (C=O) groups excluding carboxylic acids is 2. The molecule has 2 aromatic rings. The minimum absolute atomic E-state index is 0.0836. The second kappa shape index (κ2) is 7.42. The molecule has 0 aliphatic carbocycles. The molecule has 3 rings (SSSR count). The number of anilines is 1. The zero-order valence-electron chi connectivity index (χ0n) is 14.5. The summed E-state index contributed by atoms with van der Waals surface area (Å²) in [5.74, 6) is 0.701. The van der Waals surface area contributed by atoms with E-state index in [9.17, 15) is 9.59 Å². The summed E-state index contributed by atoms with van der Waals surface area (Å²) in [5, 5.41) is 2.85. The number of nitrogens with zero attached hydrogens (tertiary/aromatic N) is 3. The SMILES string of the molecule is CC(=O)N1CCC[C@H](c2ncc(C(=O)Nc3ccccc3)c(C)n2)C1. The number of rotatable bonds is 3. The first kappa shape index (κ1) is 17.1. The molecule has 2 heterocycles. The minimum Gasteiger partial charge on any atom is -0.342 e. The summed E-state index contributed by atoms with van der Waals surface area (Å²) < 4.78 is 0. The van der Waals surface area contributed by atoms with Crippen molar-refractivity contribution >= 4 is 17.5 Å². The molecule has 0 saturated carbocycles. The molecule has 0 bridgehead atoms. The van der Waals surface area contributed by atoms with Crippen LogP contribution in [0.5, 0.6) is 0 Å². The van der Waals surface area contributed by atoms with E-state index in [1.807, 2.05) is 42.2 Å². The van der Waals surface area contributed by atoms with E-state index in [4.69, 9.17) is 0 Å². The molecule has 0 spiro atoms. The first-order valence-electron chi connectivity index (χ1n) is 8.50. The van der Waals surface area contributed by atoms with Crippen molar-refractivity contribution in [3.8, 4) is 0 Å². The van der Waals surface area contributed by atoms with Gasteiger partial charge in [-0.25, -0.2) is 9.97 Å². The number of carbonyl (C=O) groups is 2. The highest BCUT2D eigenvalue weighted by atomic mass is 16.2. The summed E-state index contributed by atoms with van der Waals surface area (Å²) in [4.78, 5) is 34.8. The molecule has 1 aliphatic rings. The fourth-order valence-electron chi connectivity index (χ4n) is 3.10. The molecule has 1 aliphatic heterocycles. The van der Waals surface area contributed by atoms with Crippen LogP contribution in [0.4, 0.5) is 5.69 Å². The van der Waals surface area contributed by atoms with Gasteiger partial charge in [0, 0.05) is 37.8 Å². The molecule has 1 saturated heterocycles. The number of aromatic nitrogens is 2. The maximum absolute atomic E-state index is 12.4. The summed E-state index contributed by atoms with van der Waals surface area (Å²) >= 11 is 0. The number of likely N-dealkylation sites (tertiary alicyclic amines) is 1. The van der Waals surface area contributed by atoms with Gasteiger partial charge in [0.2, 0.25) is 5.91 Å². The molecular weight excluding hydrogens is 316 g/mol. The van der Waals surface area contributed by atoms with Gasteiger partial charge in [-0.15, -0.1) is 0 Å². The van der Waals surface area contributed by atoms with Gasteiger partial charge >= 0.3 is 0 Å². The Labute approximate surface area is 147 Å². The number of para-hydroxylation sites is 1. The minimum atomic E-state index is -0.218. The van der Waals surface area contributed by atoms with E-state index in [1.54, 1.807) is 13.1 Å². The highest BCUT2D eigenvalue weighted by Gasteiger charge is 2.25. The van der Waals surface area contributed by atoms with E-state index in [0.29, 0.717) is 23.6 Å². The Balaban J connectivity index is 1.74. The summed E-state index contributed by atoms with van der Waals surface area (Å²) in [7, 11) is 0. The Morgan fingerprint density at radius 2 is 2.00 bits per heavy atom. The van der Waals surface area contributed by atoms with Crippen LogP contribution >= 0.6 is 0 Å². The molecule has 1 atom stereocenters. The van der Waals surface area contributed by atoms with E-state index >= 15 is 0 Å². The maximum Gasteiger partial charge on any atom is 0.259 e. The summed E-state index contributed by atoms with van der Waals surface area (Å²) in [6.45, 7) is 4.84. The van der Waals surface area contributed by atoms with Crippen molar-refractivity contribution in [1.82, 2.24) is 14.9 Å². The van der Waals surface area contributed by atoms with Crippen molar-refractivity contribution in [2.45, 2.75) is 32.6 Å². The van der Waals surface area contributed by atoms with Crippen molar-refractivity contribution in [2.75, 3.05) is 18.4 Å². The number of benzene rings is 1. The average Bonchev–Trinajstić information content (AvgIpc) is 2.62. The van der Waals surface area contributed by atoms with Crippen LogP contribution in [-0.2, 0) is 4.79 Å². The molecule has 1 aromatic heterocycles. The average molecular weight is 338 g/mol. The number of hydrogen-bond acceptors (Lipinski definition) is 4. The van der Waals surface area contributed by atoms with Crippen LogP contribution in [0.1, 0.15) is 47.6 Å². The van der Waals surface area contributed by atoms with E-state index in [-0.39, 0.29) is 17.7 Å². The van der Waals surface area contributed by atoms with Gasteiger partial charge in [0.15, 0.2) is 0 Å². The normalized spacial score (nSPS) is 17.2. The van der Waals surface area contributed by atoms with Gasteiger partial charge in [0.05, 0.1) is 11.3 Å². The Morgan fingerprint density at radius 3 is 2.68 bits per heavy atom. The van der Waals surface area contributed by atoms with Gasteiger partial charge in [0.1, 0.15) is 5.82 Å². The number of hydrogen-bond donors (Lipinski definition) is 1. The Morgan fingerprint density at radius 1 is 1.24 bits per heavy atom. The Hall–Kier alpha value is -2.76. The number of amides is 2. The largest absolute Gasteiger partial charge is 0.342 e. The van der Waals surface area contributed by atoms with Crippen molar-refractivity contribution < 1.29 is 9.59 Å². The third-order valence-corrected chi connectivity index (χ3v) is 4.51. The molecule has 1 fully saturated rings. The lowest BCUT2D eigenvalue weighted by atomic mass is 9.97. The van der Waals surface area contributed by atoms with E-state index in [0.717, 1.165) is 25.1 Å². The second-order valence-electron chi connectivity index (χ2n) is 6.35. The van der Waals surface area contributed by atoms with Crippen molar-refractivity contribution in [3.63, 3.8) is 0 Å². The predicted octanol–water partition coefficient (Wildman–Crippen LogP) is 2.76. The van der Waals surface area contributed by atoms with Gasteiger partial charge in [-0.3, -0.25) is 9.59 Å². The molecule has 130 valence electrons. The smallest absolute Gasteiger partial charge is 0.259 e. The first-order chi connectivity index (χ1) is 12.0. The van der Waals surface area contributed by atoms with Gasteiger partial charge in [-0.2, -0.15) is 0 Å². The first-order valence-corrected chi connectivity index (χ1v) is 8.50. The van der Waals surface area contributed by atoms with Crippen LogP contribution in [-0.4, -0.2) is 39.8 Å². The quantitative estimate of drug-likeness (QED) is 0.934. The van der Waals surface area contributed by atoms with Crippen LogP contribution in [0.25, 0.3) is 0 Å². The number of aryl methyl sites for hydroxylation is 1. The molecule has 25 heavy (non-hydrogen) atoms. The zero-order valence-corrected chi connectivity index (χ0v) is 14.5. The van der Waals surface area contributed by atoms with Gasteiger partial charge in [-0.05, 0) is 31.9 Å².